The topological polar surface area (TPSA) is 26.0 Å². The van der Waals surface area contributed by atoms with Gasteiger partial charge in [0.2, 0.25) is 0 Å². The summed E-state index contributed by atoms with van der Waals surface area (Å²) in [6.45, 7) is 2.26. The molecule has 0 radical (unpaired) electrons. The van der Waals surface area contributed by atoms with Crippen LogP contribution >= 0.6 is 0 Å². The third kappa shape index (κ3) is 2.92. The quantitative estimate of drug-likeness (QED) is 0.462. The zero-order valence-corrected chi connectivity index (χ0v) is 7.27. The fourth-order valence-corrected chi connectivity index (χ4v) is 1.66. The Kier molecular flexibility index (Phi) is 2.92. The molecule has 0 heterocycles. The van der Waals surface area contributed by atoms with Crippen molar-refractivity contribution in [2.45, 2.75) is 32.6 Å². The Hall–Kier alpha value is -0.525. The number of allylic oxidation sites excluding steroid dienone is 1. The SMILES string of the molecule is B=C(N)CC1=CC(C)CCC1. The van der Waals surface area contributed by atoms with Gasteiger partial charge < -0.3 is 0 Å². The molecule has 1 aliphatic carbocycles. The van der Waals surface area contributed by atoms with E-state index in [1.165, 1.54) is 24.8 Å². The Morgan fingerprint density at radius 3 is 3.09 bits per heavy atom. The average Bonchev–Trinajstić information content (AvgIpc) is 1.85. The van der Waals surface area contributed by atoms with Gasteiger partial charge in [-0.3, -0.25) is 0 Å². The number of rotatable bonds is 2. The molecule has 11 heavy (non-hydrogen) atoms. The molecule has 1 atom stereocenters. The first kappa shape index (κ1) is 8.57. The summed E-state index contributed by atoms with van der Waals surface area (Å²) in [4.78, 5) is 0. The van der Waals surface area contributed by atoms with Gasteiger partial charge in [-0.15, -0.1) is 0 Å². The summed E-state index contributed by atoms with van der Waals surface area (Å²) in [5.41, 5.74) is 7.81. The van der Waals surface area contributed by atoms with Crippen LogP contribution in [-0.2, 0) is 0 Å². The van der Waals surface area contributed by atoms with Gasteiger partial charge in [-0.2, -0.15) is 0 Å². The Morgan fingerprint density at radius 1 is 1.82 bits per heavy atom. The van der Waals surface area contributed by atoms with Crippen molar-refractivity contribution >= 4 is 13.1 Å². The second-order valence-electron chi connectivity index (χ2n) is 3.53. The van der Waals surface area contributed by atoms with Crippen LogP contribution in [0.25, 0.3) is 0 Å². The van der Waals surface area contributed by atoms with Crippen LogP contribution in [0, 0.1) is 5.92 Å². The summed E-state index contributed by atoms with van der Waals surface area (Å²) in [7, 11) is 3.71. The fourth-order valence-electron chi connectivity index (χ4n) is 1.66. The van der Waals surface area contributed by atoms with Gasteiger partial charge in [-0.25, -0.2) is 0 Å². The predicted octanol–water partition coefficient (Wildman–Crippen LogP) is 1.11. The second kappa shape index (κ2) is 3.75. The molecule has 0 saturated heterocycles. The van der Waals surface area contributed by atoms with E-state index < -0.39 is 0 Å². The van der Waals surface area contributed by atoms with E-state index >= 15 is 0 Å². The molecule has 0 bridgehead atoms. The van der Waals surface area contributed by atoms with Gasteiger partial charge in [-0.1, -0.05) is 0 Å². The molecule has 0 spiro atoms. The molecule has 0 aromatic rings. The summed E-state index contributed by atoms with van der Waals surface area (Å²) in [6.07, 6.45) is 7.13. The van der Waals surface area contributed by atoms with Crippen LogP contribution < -0.4 is 5.73 Å². The fraction of sp³-hybridized carbons (Fsp3) is 0.667. The number of hydrogen-bond acceptors (Lipinski definition) is 1. The maximum atomic E-state index is 5.53. The van der Waals surface area contributed by atoms with Crippen molar-refractivity contribution in [3.05, 3.63) is 11.6 Å². The van der Waals surface area contributed by atoms with Crippen molar-refractivity contribution in [3.8, 4) is 0 Å². The molecule has 0 amide bonds. The zero-order valence-electron chi connectivity index (χ0n) is 7.27. The van der Waals surface area contributed by atoms with Gasteiger partial charge in [0.05, 0.1) is 0 Å². The summed E-state index contributed by atoms with van der Waals surface area (Å²) in [6, 6.07) is 0. The molecule has 0 aliphatic heterocycles. The molecular weight excluding hydrogens is 133 g/mol. The minimum absolute atomic E-state index is 0.748. The third-order valence-electron chi connectivity index (χ3n) is 2.13. The van der Waals surface area contributed by atoms with E-state index in [2.05, 4.69) is 20.5 Å². The summed E-state index contributed by atoms with van der Waals surface area (Å²) < 4.78 is 0. The Balaban J connectivity index is 2.49. The second-order valence-corrected chi connectivity index (χ2v) is 3.53. The monoisotopic (exact) mass is 149 g/mol. The van der Waals surface area contributed by atoms with Crippen molar-refractivity contribution in [2.75, 3.05) is 0 Å². The van der Waals surface area contributed by atoms with Crippen LogP contribution in [0.4, 0.5) is 0 Å². The Labute approximate surface area is 69.7 Å². The van der Waals surface area contributed by atoms with Crippen molar-refractivity contribution in [2.24, 2.45) is 11.7 Å². The first-order chi connectivity index (χ1) is 5.18. The van der Waals surface area contributed by atoms with Gasteiger partial charge in [0.1, 0.15) is 0 Å². The van der Waals surface area contributed by atoms with Crippen molar-refractivity contribution < 1.29 is 0 Å². The Morgan fingerprint density at radius 2 is 2.55 bits per heavy atom. The number of hydrogen-bond donors (Lipinski definition) is 1. The van der Waals surface area contributed by atoms with Gasteiger partial charge in [-0.05, 0) is 0 Å². The summed E-state index contributed by atoms with van der Waals surface area (Å²) in [5.74, 6) is 0.748. The third-order valence-corrected chi connectivity index (χ3v) is 2.13. The van der Waals surface area contributed by atoms with Crippen LogP contribution in [0.5, 0.6) is 0 Å². The van der Waals surface area contributed by atoms with Crippen molar-refractivity contribution in [1.82, 2.24) is 0 Å². The molecule has 2 heteroatoms. The summed E-state index contributed by atoms with van der Waals surface area (Å²) in [5, 5.41) is 0. The first-order valence-electron chi connectivity index (χ1n) is 4.31. The summed E-state index contributed by atoms with van der Waals surface area (Å²) >= 11 is 0. The van der Waals surface area contributed by atoms with Gasteiger partial charge in [0.25, 0.3) is 0 Å². The van der Waals surface area contributed by atoms with E-state index in [1.54, 1.807) is 0 Å². The molecule has 0 saturated carbocycles. The molecule has 0 fully saturated rings. The molecule has 1 aliphatic rings. The van der Waals surface area contributed by atoms with Crippen LogP contribution in [-0.4, -0.2) is 13.1 Å². The van der Waals surface area contributed by atoms with Crippen molar-refractivity contribution in [3.63, 3.8) is 0 Å². The van der Waals surface area contributed by atoms with Crippen LogP contribution in [0.3, 0.4) is 0 Å². The van der Waals surface area contributed by atoms with Crippen molar-refractivity contribution in [1.29, 1.82) is 0 Å². The normalized spacial score (nSPS) is 24.4. The van der Waals surface area contributed by atoms with E-state index in [4.69, 9.17) is 5.73 Å². The van der Waals surface area contributed by atoms with Gasteiger partial charge in [0.15, 0.2) is 0 Å². The zero-order chi connectivity index (χ0) is 8.27. The van der Waals surface area contributed by atoms with Crippen LogP contribution in [0.2, 0.25) is 0 Å². The Bertz CT molecular complexity index is 184. The molecule has 1 rings (SSSR count). The molecule has 60 valence electrons. The average molecular weight is 149 g/mol. The van der Waals surface area contributed by atoms with E-state index in [0.29, 0.717) is 0 Å². The molecular formula is C9H16BN. The molecule has 1 unspecified atom stereocenters. The van der Waals surface area contributed by atoms with Crippen LogP contribution in [0.15, 0.2) is 11.6 Å². The van der Waals surface area contributed by atoms with E-state index in [-0.39, 0.29) is 0 Å². The predicted molar refractivity (Wildman–Crippen MR) is 52.1 cm³/mol. The number of nitrogens with two attached hydrogens (primary N) is 1. The molecule has 2 N–H and O–H groups in total. The molecule has 0 aromatic carbocycles. The standard InChI is InChI=1S/C9H16BN/c1-7-3-2-4-8(5-7)6-9(10)11/h5,7,10H,2-4,6,11H2,1H3. The van der Waals surface area contributed by atoms with Gasteiger partial charge in [0, 0.05) is 0 Å². The first-order valence-corrected chi connectivity index (χ1v) is 4.31. The van der Waals surface area contributed by atoms with E-state index in [0.717, 1.165) is 17.9 Å². The van der Waals surface area contributed by atoms with E-state index in [9.17, 15) is 0 Å². The minimum atomic E-state index is 0.748. The van der Waals surface area contributed by atoms with E-state index in [1.807, 2.05) is 0 Å². The maximum absolute atomic E-state index is 5.53. The molecule has 1 nitrogen and oxygen atoms in total. The van der Waals surface area contributed by atoms with Gasteiger partial charge >= 0.3 is 69.0 Å². The van der Waals surface area contributed by atoms with Crippen LogP contribution in [0.1, 0.15) is 32.6 Å². The molecule has 0 aromatic heterocycles.